The van der Waals surface area contributed by atoms with Gasteiger partial charge in [-0.05, 0) is 250 Å². The molecule has 4 fully saturated rings. The van der Waals surface area contributed by atoms with Crippen LogP contribution in [-0.2, 0) is 90.1 Å². The average molecular weight is 1830 g/mol. The highest BCUT2D eigenvalue weighted by molar-refractivity contribution is 5.92. The number of benzene rings is 8. The van der Waals surface area contributed by atoms with Crippen LogP contribution in [0, 0.1) is 102 Å². The quantitative estimate of drug-likeness (QED) is 0.112. The van der Waals surface area contributed by atoms with Crippen molar-refractivity contribution in [3.63, 3.8) is 0 Å². The smallest absolute Gasteiger partial charge is 0.311 e. The third-order valence-corrected chi connectivity index (χ3v) is 35.0. The lowest BCUT2D eigenvalue weighted by atomic mass is 9.64. The van der Waals surface area contributed by atoms with Gasteiger partial charge in [0.1, 0.15) is 0 Å². The van der Waals surface area contributed by atoms with E-state index >= 15 is 0 Å². The minimum atomic E-state index is -0.753. The summed E-state index contributed by atoms with van der Waals surface area (Å²) in [6.45, 7) is 28.1. The molecular formula is C117H134N8O11. The molecule has 0 saturated heterocycles. The highest BCUT2D eigenvalue weighted by Crippen LogP contribution is 2.56. The number of aliphatic hydroxyl groups is 3. The van der Waals surface area contributed by atoms with Crippen LogP contribution in [0.4, 0.5) is 0 Å². The predicted octanol–water partition coefficient (Wildman–Crippen LogP) is 23.4. The van der Waals surface area contributed by atoms with Crippen molar-refractivity contribution in [3.8, 4) is 22.7 Å². The topological polar surface area (TPSA) is 185 Å². The molecular weight excluding hydrogens is 1690 g/mol. The van der Waals surface area contributed by atoms with Gasteiger partial charge in [-0.2, -0.15) is 23.1 Å². The van der Waals surface area contributed by atoms with Crippen molar-refractivity contribution in [1.29, 1.82) is 0 Å². The minimum Gasteiger partial charge on any atom is -0.469 e. The number of esters is 2. The maximum atomic E-state index is 13.1. The van der Waals surface area contributed by atoms with E-state index in [-0.39, 0.29) is 71.9 Å². The SMILES string of the molecule is C[C@H]1CC[C@H]2CCCCc3c4n(c5ccccc35)-c3ccccc3CO[C@@H]4C[C@@H]2[C@H]1CO.C[C@H]1CC[C@H]2CCCCc3c4n(c5ccccc35)-c3ccccc3CO[C@H]4C[C@H]2[C@H]1CO.[C-]#[N+]N1CCc2c3n(c4ccccc24)-c2ccccc2CO[C@@H]3C[C@H]2[C@@H](CC[C@H](O)[C@@H]2C(=O)OC)C1.[C-]#[N+]N1CCc2c3n(c4ccccc24)-c2ccccc2CO[C@H]3C[C@@H]2[C@@H](CC[C@H](C)[C@@H]2C(=O)OC)C1. The zero-order valence-electron chi connectivity index (χ0n) is 79.8. The van der Waals surface area contributed by atoms with E-state index in [1.807, 2.05) is 16.1 Å². The third-order valence-electron chi connectivity index (χ3n) is 35.0. The molecule has 0 amide bonds. The van der Waals surface area contributed by atoms with Gasteiger partial charge in [-0.15, -0.1) is 10.0 Å². The fourth-order valence-corrected chi connectivity index (χ4v) is 28.3. The highest BCUT2D eigenvalue weighted by Gasteiger charge is 2.51. The van der Waals surface area contributed by atoms with Gasteiger partial charge in [0.05, 0.1) is 177 Å². The molecule has 19 nitrogen and oxygen atoms in total. The Hall–Kier alpha value is -10.8. The standard InChI is InChI=1S/C30H33N3O3.C29H31N3O4.2C29H35NO2/c1-19-12-13-20-17-32(31-2)15-14-23-22-9-5-7-11-26(22)33-25-10-6-4-8-21(25)18-36-27(29(23)33)16-24(20)28(19)30(34)35-3;1-30-31-14-13-21-20-8-4-6-10-24(20)32-23-9-5-3-7-19(23)17-36-26(28(21)32)15-22-18(16-31)11-12-25(33)27(22)29(34)35-2;2*1-19-14-15-20-8-2-4-11-23-22-10-5-7-13-27(22)30-26-12-6-3-9-21(26)18-32-28(29(23)30)16-24(20)25(19)17-31/h4-11,19-20,24,27-28H,12-18H2,1,3H3;3-10,18,22,25-27,33H,11-17H2,2H3;2*3,5-7,9-10,12-13,19-20,24-25,28,31H,2,4,8,11,14-18H2,1H3/t19-,20-,24+,27-,28-;18-,22-,25-,26+,27+;19-,20+,24+,25-,28-;19-,20+,24-,25-,28+/m0000/s1. The maximum absolute atomic E-state index is 13.1. The fraction of sp³-hybridized carbons (Fsp3) is 0.487. The van der Waals surface area contributed by atoms with Crippen LogP contribution in [0.2, 0.25) is 0 Å². The number of fused-ring (bicyclic) bond motifs is 24. The Labute approximate surface area is 800 Å². The number of aliphatic hydroxyl groups excluding tert-OH is 3. The van der Waals surface area contributed by atoms with Gasteiger partial charge in [-0.25, -0.2) is 0 Å². The number of rotatable bonds is 4. The van der Waals surface area contributed by atoms with Crippen molar-refractivity contribution < 1.29 is 53.3 Å². The van der Waals surface area contributed by atoms with Crippen molar-refractivity contribution in [2.45, 2.75) is 219 Å². The number of nitrogens with zero attached hydrogens (tertiary/aromatic N) is 8. The predicted molar refractivity (Wildman–Crippen MR) is 531 cm³/mol. The molecule has 3 N–H and O–H groups in total. The number of para-hydroxylation sites is 8. The van der Waals surface area contributed by atoms with Gasteiger partial charge in [0, 0.05) is 57.0 Å². The summed E-state index contributed by atoms with van der Waals surface area (Å²) in [7, 11) is 2.89. The van der Waals surface area contributed by atoms with Crippen LogP contribution in [0.15, 0.2) is 194 Å². The molecule has 0 unspecified atom stereocenters. The molecule has 136 heavy (non-hydrogen) atoms. The van der Waals surface area contributed by atoms with Crippen molar-refractivity contribution in [2.24, 2.45) is 88.8 Å². The molecule has 6 aliphatic heterocycles. The molecule has 10 heterocycles. The van der Waals surface area contributed by atoms with E-state index in [9.17, 15) is 24.9 Å². The molecule has 0 spiro atoms. The molecule has 0 radical (unpaired) electrons. The number of aromatic nitrogens is 4. The van der Waals surface area contributed by atoms with E-state index in [1.54, 1.807) is 0 Å². The summed E-state index contributed by atoms with van der Waals surface area (Å²) in [5.74, 6) is 3.71. The molecule has 6 aliphatic carbocycles. The maximum Gasteiger partial charge on any atom is 0.311 e. The van der Waals surface area contributed by atoms with Gasteiger partial charge in [0.15, 0.2) is 0 Å². The molecule has 4 aromatic heterocycles. The molecule has 19 heteroatoms. The summed E-state index contributed by atoms with van der Waals surface area (Å²) in [5, 5.41) is 40.6. The van der Waals surface area contributed by atoms with E-state index < -0.39 is 12.0 Å². The fourth-order valence-electron chi connectivity index (χ4n) is 28.3. The van der Waals surface area contributed by atoms with Gasteiger partial charge in [-0.1, -0.05) is 205 Å². The first kappa shape index (κ1) is 91.6. The van der Waals surface area contributed by atoms with E-state index in [4.69, 9.17) is 41.6 Å². The number of ether oxygens (including phenoxy) is 6. The largest absolute Gasteiger partial charge is 0.469 e. The van der Waals surface area contributed by atoms with E-state index in [1.165, 1.54) is 184 Å². The van der Waals surface area contributed by atoms with Gasteiger partial charge in [-0.3, -0.25) is 9.59 Å². The molecule has 4 saturated carbocycles. The third kappa shape index (κ3) is 17.0. The summed E-state index contributed by atoms with van der Waals surface area (Å²) in [6, 6.07) is 69.2. The normalized spacial score (nSPS) is 28.8. The van der Waals surface area contributed by atoms with Crippen molar-refractivity contribution in [2.75, 3.05) is 53.6 Å². The van der Waals surface area contributed by atoms with Crippen LogP contribution in [0.1, 0.15) is 228 Å². The minimum absolute atomic E-state index is 0.0785. The van der Waals surface area contributed by atoms with Gasteiger partial charge in [0.2, 0.25) is 0 Å². The summed E-state index contributed by atoms with van der Waals surface area (Å²) < 4.78 is 47.2. The van der Waals surface area contributed by atoms with Gasteiger partial charge in [0.25, 0.3) is 0 Å². The van der Waals surface area contributed by atoms with Crippen LogP contribution in [0.3, 0.4) is 0 Å². The Morgan fingerprint density at radius 3 is 1.01 bits per heavy atom. The molecule has 24 rings (SSSR count). The van der Waals surface area contributed by atoms with Crippen LogP contribution < -0.4 is 0 Å². The Balaban J connectivity index is 0.000000109. The summed E-state index contributed by atoms with van der Waals surface area (Å²) in [5.41, 5.74) is 25.1. The van der Waals surface area contributed by atoms with Crippen molar-refractivity contribution in [3.05, 3.63) is 284 Å². The summed E-state index contributed by atoms with van der Waals surface area (Å²) in [6.07, 6.45) is 22.3. The number of carbonyl (C=O) groups excluding carboxylic acids is 2. The monoisotopic (exact) mass is 1830 g/mol. The van der Waals surface area contributed by atoms with Crippen LogP contribution in [0.25, 0.3) is 76.3 Å². The lowest BCUT2D eigenvalue weighted by molar-refractivity contribution is -0.158. The highest BCUT2D eigenvalue weighted by atomic mass is 16.5. The zero-order valence-corrected chi connectivity index (χ0v) is 79.8. The number of hydrogen-bond donors (Lipinski definition) is 3. The van der Waals surface area contributed by atoms with Crippen molar-refractivity contribution in [1.82, 2.24) is 28.3 Å². The second kappa shape index (κ2) is 39.9. The first-order valence-corrected chi connectivity index (χ1v) is 51.3. The first-order valence-electron chi connectivity index (χ1n) is 51.3. The Morgan fingerprint density at radius 2 is 0.662 bits per heavy atom. The molecule has 12 aliphatic rings. The van der Waals surface area contributed by atoms with Crippen LogP contribution in [-0.4, -0.2) is 115 Å². The lowest BCUT2D eigenvalue weighted by Gasteiger charge is -2.43. The van der Waals surface area contributed by atoms with E-state index in [0.717, 1.165) is 104 Å². The van der Waals surface area contributed by atoms with Crippen LogP contribution >= 0.6 is 0 Å². The first-order chi connectivity index (χ1) is 66.7. The number of carbonyl (C=O) groups is 2. The van der Waals surface area contributed by atoms with Crippen molar-refractivity contribution >= 4 is 55.6 Å². The second-order valence-corrected chi connectivity index (χ2v) is 41.8. The Kier molecular flexibility index (Phi) is 26.9. The van der Waals surface area contributed by atoms with Gasteiger partial charge < -0.3 is 62.0 Å². The number of hydrogen-bond acceptors (Lipinski definition) is 13. The Morgan fingerprint density at radius 1 is 0.360 bits per heavy atom. The number of aryl methyl sites for hydroxylation is 2. The summed E-state index contributed by atoms with van der Waals surface area (Å²) >= 11 is 0. The van der Waals surface area contributed by atoms with E-state index in [0.29, 0.717) is 114 Å². The lowest BCUT2D eigenvalue weighted by Crippen LogP contribution is -2.47. The Bertz CT molecular complexity index is 6060. The molecule has 0 bridgehead atoms. The molecule has 12 aromatic rings. The average Bonchev–Trinajstić information content (AvgIpc) is 1.59. The van der Waals surface area contributed by atoms with E-state index in [2.05, 4.69) is 237 Å². The molecule has 8 aromatic carbocycles. The zero-order chi connectivity index (χ0) is 92.9. The number of methoxy groups -OCH3 is 2. The van der Waals surface area contributed by atoms with Gasteiger partial charge >= 0.3 is 11.9 Å². The second-order valence-electron chi connectivity index (χ2n) is 41.8. The van der Waals surface area contributed by atoms with Crippen LogP contribution in [0.5, 0.6) is 0 Å². The summed E-state index contributed by atoms with van der Waals surface area (Å²) in [4.78, 5) is 33.8. The molecule has 20 atom stereocenters. The molecule has 708 valence electrons.